The van der Waals surface area contributed by atoms with Crippen LogP contribution in [0.25, 0.3) is 10.6 Å². The summed E-state index contributed by atoms with van der Waals surface area (Å²) in [4.78, 5) is 6.01. The molecular formula is C16H22N2S. The van der Waals surface area contributed by atoms with E-state index in [1.54, 1.807) is 11.3 Å². The fourth-order valence-corrected chi connectivity index (χ4v) is 3.07. The first kappa shape index (κ1) is 14.2. The predicted octanol–water partition coefficient (Wildman–Crippen LogP) is 4.03. The van der Waals surface area contributed by atoms with Crippen LogP contribution < -0.4 is 5.73 Å². The maximum atomic E-state index is 5.83. The van der Waals surface area contributed by atoms with Crippen LogP contribution >= 0.6 is 11.3 Å². The second-order valence-electron chi connectivity index (χ2n) is 5.24. The third-order valence-corrected chi connectivity index (χ3v) is 4.34. The number of aromatic nitrogens is 1. The molecule has 0 radical (unpaired) electrons. The molecule has 2 N–H and O–H groups in total. The average Bonchev–Trinajstić information content (AvgIpc) is 2.81. The number of benzene rings is 1. The SMILES string of the molecule is CCc1ccc(-c2nc(CC(C)C)c(CN)s2)cc1. The van der Waals surface area contributed by atoms with E-state index < -0.39 is 0 Å². The summed E-state index contributed by atoms with van der Waals surface area (Å²) in [6.07, 6.45) is 2.08. The summed E-state index contributed by atoms with van der Waals surface area (Å²) in [5.41, 5.74) is 9.58. The number of rotatable bonds is 5. The molecule has 2 aromatic rings. The van der Waals surface area contributed by atoms with Crippen molar-refractivity contribution in [3.8, 4) is 10.6 Å². The molecule has 0 unspecified atom stereocenters. The van der Waals surface area contributed by atoms with E-state index in [1.165, 1.54) is 21.7 Å². The van der Waals surface area contributed by atoms with Crippen LogP contribution in [0.4, 0.5) is 0 Å². The molecular weight excluding hydrogens is 252 g/mol. The number of thiazole rings is 1. The minimum atomic E-state index is 0.590. The van der Waals surface area contributed by atoms with E-state index in [1.807, 2.05) is 0 Å². The van der Waals surface area contributed by atoms with Gasteiger partial charge in [0, 0.05) is 17.0 Å². The molecule has 0 saturated carbocycles. The van der Waals surface area contributed by atoms with Gasteiger partial charge in [-0.1, -0.05) is 45.0 Å². The molecule has 0 aliphatic rings. The van der Waals surface area contributed by atoms with Crippen molar-refractivity contribution in [2.45, 2.75) is 40.2 Å². The smallest absolute Gasteiger partial charge is 0.123 e. The topological polar surface area (TPSA) is 38.9 Å². The Balaban J connectivity index is 2.31. The maximum absolute atomic E-state index is 5.83. The second-order valence-corrected chi connectivity index (χ2v) is 6.33. The van der Waals surface area contributed by atoms with Crippen LogP contribution in [-0.2, 0) is 19.4 Å². The molecule has 0 fully saturated rings. The number of hydrogen-bond donors (Lipinski definition) is 1. The summed E-state index contributed by atoms with van der Waals surface area (Å²) in [5.74, 6) is 0.614. The molecule has 0 spiro atoms. The van der Waals surface area contributed by atoms with Crippen LogP contribution in [0.1, 0.15) is 36.9 Å². The van der Waals surface area contributed by atoms with E-state index in [0.717, 1.165) is 17.8 Å². The molecule has 0 saturated heterocycles. The standard InChI is InChI=1S/C16H22N2S/c1-4-12-5-7-13(8-6-12)16-18-14(9-11(2)3)15(10-17)19-16/h5-8,11H,4,9-10,17H2,1-3H3. The number of nitrogens with zero attached hydrogens (tertiary/aromatic N) is 1. The van der Waals surface area contributed by atoms with Gasteiger partial charge in [-0.3, -0.25) is 0 Å². The zero-order chi connectivity index (χ0) is 13.8. The van der Waals surface area contributed by atoms with Gasteiger partial charge in [-0.15, -0.1) is 11.3 Å². The summed E-state index contributed by atoms with van der Waals surface area (Å²) >= 11 is 1.73. The average molecular weight is 274 g/mol. The highest BCUT2D eigenvalue weighted by Gasteiger charge is 2.12. The fraction of sp³-hybridized carbons (Fsp3) is 0.438. The van der Waals surface area contributed by atoms with E-state index in [9.17, 15) is 0 Å². The second kappa shape index (κ2) is 6.31. The molecule has 0 aliphatic carbocycles. The van der Waals surface area contributed by atoms with Gasteiger partial charge in [-0.05, 0) is 24.3 Å². The van der Waals surface area contributed by atoms with E-state index in [-0.39, 0.29) is 0 Å². The lowest BCUT2D eigenvalue weighted by Crippen LogP contribution is -2.01. The quantitative estimate of drug-likeness (QED) is 0.894. The van der Waals surface area contributed by atoms with Gasteiger partial charge in [0.25, 0.3) is 0 Å². The van der Waals surface area contributed by atoms with Crippen LogP contribution in [0.3, 0.4) is 0 Å². The Labute approximate surface area is 119 Å². The molecule has 0 atom stereocenters. The van der Waals surface area contributed by atoms with E-state index >= 15 is 0 Å². The molecule has 0 amide bonds. The van der Waals surface area contributed by atoms with Gasteiger partial charge < -0.3 is 5.73 Å². The maximum Gasteiger partial charge on any atom is 0.123 e. The summed E-state index contributed by atoms with van der Waals surface area (Å²) in [5, 5.41) is 1.10. The first-order chi connectivity index (χ1) is 9.13. The monoisotopic (exact) mass is 274 g/mol. The molecule has 2 nitrogen and oxygen atoms in total. The lowest BCUT2D eigenvalue weighted by atomic mass is 10.1. The first-order valence-corrected chi connectivity index (χ1v) is 7.73. The summed E-state index contributed by atoms with van der Waals surface area (Å²) in [7, 11) is 0. The van der Waals surface area contributed by atoms with Crippen molar-refractivity contribution in [2.75, 3.05) is 0 Å². The van der Waals surface area contributed by atoms with Gasteiger partial charge in [0.1, 0.15) is 5.01 Å². The fourth-order valence-electron chi connectivity index (χ4n) is 2.10. The highest BCUT2D eigenvalue weighted by Crippen LogP contribution is 2.29. The van der Waals surface area contributed by atoms with Crippen LogP contribution in [-0.4, -0.2) is 4.98 Å². The molecule has 2 rings (SSSR count). The largest absolute Gasteiger partial charge is 0.326 e. The van der Waals surface area contributed by atoms with E-state index in [2.05, 4.69) is 45.0 Å². The van der Waals surface area contributed by atoms with E-state index in [0.29, 0.717) is 12.5 Å². The Morgan fingerprint density at radius 3 is 2.42 bits per heavy atom. The van der Waals surface area contributed by atoms with Crippen molar-refractivity contribution in [3.63, 3.8) is 0 Å². The molecule has 102 valence electrons. The van der Waals surface area contributed by atoms with Gasteiger partial charge in [0.15, 0.2) is 0 Å². The minimum Gasteiger partial charge on any atom is -0.326 e. The minimum absolute atomic E-state index is 0.590. The Morgan fingerprint density at radius 1 is 1.21 bits per heavy atom. The molecule has 0 bridgehead atoms. The van der Waals surface area contributed by atoms with Crippen LogP contribution in [0.15, 0.2) is 24.3 Å². The summed E-state index contributed by atoms with van der Waals surface area (Å²) in [6, 6.07) is 8.69. The highest BCUT2D eigenvalue weighted by atomic mass is 32.1. The Kier molecular flexibility index (Phi) is 4.72. The van der Waals surface area contributed by atoms with Gasteiger partial charge in [0.05, 0.1) is 5.69 Å². The lowest BCUT2D eigenvalue weighted by molar-refractivity contribution is 0.634. The predicted molar refractivity (Wildman–Crippen MR) is 83.4 cm³/mol. The first-order valence-electron chi connectivity index (χ1n) is 6.92. The highest BCUT2D eigenvalue weighted by molar-refractivity contribution is 7.15. The Hall–Kier alpha value is -1.19. The molecule has 0 aliphatic heterocycles. The summed E-state index contributed by atoms with van der Waals surface area (Å²) < 4.78 is 0. The van der Waals surface area contributed by atoms with Gasteiger partial charge in [0.2, 0.25) is 0 Å². The van der Waals surface area contributed by atoms with Crippen molar-refractivity contribution < 1.29 is 0 Å². The molecule has 1 aromatic heterocycles. The normalized spacial score (nSPS) is 11.2. The number of hydrogen-bond acceptors (Lipinski definition) is 3. The Morgan fingerprint density at radius 2 is 1.89 bits per heavy atom. The third kappa shape index (κ3) is 3.43. The number of nitrogens with two attached hydrogens (primary N) is 1. The zero-order valence-corrected chi connectivity index (χ0v) is 12.8. The molecule has 19 heavy (non-hydrogen) atoms. The van der Waals surface area contributed by atoms with E-state index in [4.69, 9.17) is 10.7 Å². The molecule has 3 heteroatoms. The Bertz CT molecular complexity index is 526. The van der Waals surface area contributed by atoms with Crippen molar-refractivity contribution in [1.82, 2.24) is 4.98 Å². The van der Waals surface area contributed by atoms with Crippen LogP contribution in [0.2, 0.25) is 0 Å². The number of aryl methyl sites for hydroxylation is 1. The molecule has 1 heterocycles. The van der Waals surface area contributed by atoms with Crippen molar-refractivity contribution >= 4 is 11.3 Å². The zero-order valence-electron chi connectivity index (χ0n) is 11.9. The van der Waals surface area contributed by atoms with Gasteiger partial charge in [-0.25, -0.2) is 4.98 Å². The molecule has 1 aromatic carbocycles. The van der Waals surface area contributed by atoms with Crippen molar-refractivity contribution in [1.29, 1.82) is 0 Å². The van der Waals surface area contributed by atoms with Gasteiger partial charge >= 0.3 is 0 Å². The lowest BCUT2D eigenvalue weighted by Gasteiger charge is -2.02. The van der Waals surface area contributed by atoms with Crippen molar-refractivity contribution in [3.05, 3.63) is 40.4 Å². The van der Waals surface area contributed by atoms with Crippen LogP contribution in [0, 0.1) is 5.92 Å². The summed E-state index contributed by atoms with van der Waals surface area (Å²) in [6.45, 7) is 7.20. The van der Waals surface area contributed by atoms with Crippen LogP contribution in [0.5, 0.6) is 0 Å². The third-order valence-electron chi connectivity index (χ3n) is 3.17. The van der Waals surface area contributed by atoms with Gasteiger partial charge in [-0.2, -0.15) is 0 Å². The van der Waals surface area contributed by atoms with Crippen molar-refractivity contribution in [2.24, 2.45) is 11.7 Å².